The van der Waals surface area contributed by atoms with Crippen molar-refractivity contribution >= 4 is 23.2 Å². The van der Waals surface area contributed by atoms with Gasteiger partial charge in [-0.1, -0.05) is 69.7 Å². The van der Waals surface area contributed by atoms with Crippen LogP contribution in [0, 0.1) is 24.7 Å². The minimum Gasteiger partial charge on any atom is -0.508 e. The molecule has 5 heteroatoms. The van der Waals surface area contributed by atoms with Gasteiger partial charge in [0.15, 0.2) is 0 Å². The van der Waals surface area contributed by atoms with Crippen LogP contribution in [0.4, 0.5) is 0 Å². The third kappa shape index (κ3) is 4.87. The highest BCUT2D eigenvalue weighted by Gasteiger charge is 2.40. The Morgan fingerprint density at radius 2 is 1.64 bits per heavy atom. The van der Waals surface area contributed by atoms with Crippen molar-refractivity contribution in [2.24, 2.45) is 17.8 Å². The number of aromatic nitrogens is 1. The van der Waals surface area contributed by atoms with Crippen LogP contribution in [0.25, 0.3) is 10.9 Å². The smallest absolute Gasteiger partial charge is 0.338 e. The zero-order valence-electron chi connectivity index (χ0n) is 23.1. The number of aldehydes is 1. The first-order chi connectivity index (χ1) is 18.7. The number of rotatable bonds is 7. The molecule has 0 bridgehead atoms. The molecule has 0 spiro atoms. The molecule has 0 aliphatic heterocycles. The maximum Gasteiger partial charge on any atom is 0.338 e. The van der Waals surface area contributed by atoms with Crippen LogP contribution in [-0.4, -0.2) is 28.4 Å². The van der Waals surface area contributed by atoms with E-state index in [1.807, 2.05) is 43.3 Å². The first-order valence-corrected chi connectivity index (χ1v) is 13.9. The lowest BCUT2D eigenvalue weighted by Gasteiger charge is -2.36. The number of esters is 1. The lowest BCUT2D eigenvalue weighted by molar-refractivity contribution is -0.110. The largest absolute Gasteiger partial charge is 0.508 e. The normalized spacial score (nSPS) is 21.0. The van der Waals surface area contributed by atoms with Crippen LogP contribution in [0.2, 0.25) is 0 Å². The molecule has 3 aromatic carbocycles. The number of phenols is 1. The zero-order chi connectivity index (χ0) is 27.7. The minimum atomic E-state index is -1.17. The number of hydrogen-bond acceptors (Lipinski definition) is 4. The van der Waals surface area contributed by atoms with E-state index in [4.69, 9.17) is 4.74 Å². The average Bonchev–Trinajstić information content (AvgIpc) is 3.27. The van der Waals surface area contributed by atoms with Crippen molar-refractivity contribution in [1.29, 1.82) is 0 Å². The number of H-pyrrole nitrogens is 1. The molecule has 1 aliphatic carbocycles. The minimum absolute atomic E-state index is 0.0824. The Hall–Kier alpha value is -3.86. The van der Waals surface area contributed by atoms with Crippen LogP contribution in [0.5, 0.6) is 5.75 Å². The first kappa shape index (κ1) is 26.7. The topological polar surface area (TPSA) is 79.4 Å². The van der Waals surface area contributed by atoms with Crippen molar-refractivity contribution in [2.75, 3.05) is 0 Å². The van der Waals surface area contributed by atoms with E-state index < -0.39 is 5.41 Å². The molecule has 0 saturated heterocycles. The molecule has 202 valence electrons. The molecule has 5 rings (SSSR count). The van der Waals surface area contributed by atoms with Gasteiger partial charge in [-0.05, 0) is 84.5 Å². The second-order valence-corrected chi connectivity index (χ2v) is 11.5. The fourth-order valence-electron chi connectivity index (χ4n) is 6.38. The molecule has 1 heterocycles. The summed E-state index contributed by atoms with van der Waals surface area (Å²) in [4.78, 5) is 29.9. The third-order valence-corrected chi connectivity index (χ3v) is 8.66. The number of hydrogen-bond donors (Lipinski definition) is 2. The van der Waals surface area contributed by atoms with Crippen molar-refractivity contribution < 1.29 is 19.4 Å². The SMILES string of the molecule is Cc1c([C@@](C=O)(c2ccc(O)cc2)c2ccc(C(=O)O[C@@H]3C[C@H](C)CC[C@H]3C(C)C)cc2)[nH]c2ccccc12. The maximum absolute atomic E-state index is 13.2. The second-order valence-electron chi connectivity index (χ2n) is 11.5. The molecule has 1 aliphatic rings. The fraction of sp³-hybridized carbons (Fsp3) is 0.353. The number of aromatic hydroxyl groups is 1. The molecule has 2 N–H and O–H groups in total. The Morgan fingerprint density at radius 3 is 2.26 bits per heavy atom. The molecule has 1 fully saturated rings. The van der Waals surface area contributed by atoms with Crippen LogP contribution in [0.3, 0.4) is 0 Å². The average molecular weight is 524 g/mol. The standard InChI is InChI=1S/C34H37NO4/c1-21(2)28-18-9-22(3)19-31(28)39-33(38)24-10-12-25(13-11-24)34(20-36,26-14-16-27(37)17-15-26)32-23(4)29-7-5-6-8-30(29)35-32/h5-8,10-17,20-22,28,31,35,37H,9,18-19H2,1-4H3/t22-,28+,31-,34-/m1/s1. The van der Waals surface area contributed by atoms with Crippen molar-refractivity contribution in [3.8, 4) is 5.75 Å². The predicted molar refractivity (Wildman–Crippen MR) is 154 cm³/mol. The van der Waals surface area contributed by atoms with Gasteiger partial charge in [-0.3, -0.25) is 0 Å². The highest BCUT2D eigenvalue weighted by molar-refractivity contribution is 5.92. The van der Waals surface area contributed by atoms with Gasteiger partial charge < -0.3 is 19.6 Å². The molecule has 0 unspecified atom stereocenters. The molecule has 39 heavy (non-hydrogen) atoms. The Morgan fingerprint density at radius 1 is 1.00 bits per heavy atom. The summed E-state index contributed by atoms with van der Waals surface area (Å²) in [6.45, 7) is 8.63. The van der Waals surface area contributed by atoms with Crippen LogP contribution in [0.1, 0.15) is 72.8 Å². The van der Waals surface area contributed by atoms with Gasteiger partial charge in [-0.15, -0.1) is 0 Å². The van der Waals surface area contributed by atoms with Crippen LogP contribution in [0.15, 0.2) is 72.8 Å². The van der Waals surface area contributed by atoms with E-state index in [1.54, 1.807) is 36.4 Å². The summed E-state index contributed by atoms with van der Waals surface area (Å²) in [5, 5.41) is 11.0. The number of aryl methyl sites for hydroxylation is 1. The summed E-state index contributed by atoms with van der Waals surface area (Å²) in [5.74, 6) is 1.16. The van der Waals surface area contributed by atoms with E-state index in [0.29, 0.717) is 23.3 Å². The molecular weight excluding hydrogens is 486 g/mol. The number of para-hydroxylation sites is 1. The molecule has 0 radical (unpaired) electrons. The molecule has 4 aromatic rings. The number of carbonyl (C=O) groups is 2. The summed E-state index contributed by atoms with van der Waals surface area (Å²) in [7, 11) is 0. The molecule has 5 nitrogen and oxygen atoms in total. The van der Waals surface area contributed by atoms with Gasteiger partial charge in [0.25, 0.3) is 0 Å². The highest BCUT2D eigenvalue weighted by atomic mass is 16.5. The van der Waals surface area contributed by atoms with Crippen molar-refractivity contribution in [1.82, 2.24) is 4.98 Å². The fourth-order valence-corrected chi connectivity index (χ4v) is 6.38. The van der Waals surface area contributed by atoms with Crippen LogP contribution < -0.4 is 0 Å². The summed E-state index contributed by atoms with van der Waals surface area (Å²) >= 11 is 0. The Bertz CT molecular complexity index is 1470. The predicted octanol–water partition coefficient (Wildman–Crippen LogP) is 7.33. The number of carbonyl (C=O) groups excluding carboxylic acids is 2. The van der Waals surface area contributed by atoms with Gasteiger partial charge >= 0.3 is 5.97 Å². The first-order valence-electron chi connectivity index (χ1n) is 13.9. The number of nitrogens with one attached hydrogen (secondary N) is 1. The quantitative estimate of drug-likeness (QED) is 0.196. The van der Waals surface area contributed by atoms with Gasteiger partial charge in [0, 0.05) is 16.6 Å². The molecule has 1 aromatic heterocycles. The monoisotopic (exact) mass is 523 g/mol. The molecule has 1 saturated carbocycles. The van der Waals surface area contributed by atoms with E-state index in [-0.39, 0.29) is 17.8 Å². The number of aromatic amines is 1. The van der Waals surface area contributed by atoms with E-state index in [0.717, 1.165) is 52.4 Å². The van der Waals surface area contributed by atoms with Crippen LogP contribution in [-0.2, 0) is 14.9 Å². The summed E-state index contributed by atoms with van der Waals surface area (Å²) in [5.41, 5.74) is 3.42. The lowest BCUT2D eigenvalue weighted by atomic mass is 9.72. The van der Waals surface area contributed by atoms with E-state index in [1.165, 1.54) is 6.42 Å². The van der Waals surface area contributed by atoms with Crippen molar-refractivity contribution in [3.05, 3.63) is 101 Å². The summed E-state index contributed by atoms with van der Waals surface area (Å²) in [6, 6.07) is 21.9. The number of phenolic OH excluding ortho intramolecular Hbond substituents is 1. The number of benzene rings is 3. The Labute approximate surface area is 230 Å². The van der Waals surface area contributed by atoms with Crippen molar-refractivity contribution in [3.63, 3.8) is 0 Å². The third-order valence-electron chi connectivity index (χ3n) is 8.66. The summed E-state index contributed by atoms with van der Waals surface area (Å²) in [6.07, 6.45) is 4.00. The number of ether oxygens (including phenoxy) is 1. The molecular formula is C34H37NO4. The molecule has 0 amide bonds. The van der Waals surface area contributed by atoms with E-state index in [9.17, 15) is 14.7 Å². The van der Waals surface area contributed by atoms with E-state index in [2.05, 4.69) is 25.8 Å². The van der Waals surface area contributed by atoms with Gasteiger partial charge in [0.2, 0.25) is 0 Å². The molecule has 4 atom stereocenters. The Balaban J connectivity index is 1.54. The number of fused-ring (bicyclic) bond motifs is 1. The van der Waals surface area contributed by atoms with Crippen molar-refractivity contribution in [2.45, 2.75) is 58.5 Å². The van der Waals surface area contributed by atoms with Gasteiger partial charge in [0.05, 0.1) is 5.56 Å². The zero-order valence-corrected chi connectivity index (χ0v) is 23.1. The Kier molecular flexibility index (Phi) is 7.35. The van der Waals surface area contributed by atoms with Gasteiger partial charge in [-0.2, -0.15) is 0 Å². The summed E-state index contributed by atoms with van der Waals surface area (Å²) < 4.78 is 6.07. The lowest BCUT2D eigenvalue weighted by Crippen LogP contribution is -2.36. The second kappa shape index (κ2) is 10.7. The van der Waals surface area contributed by atoms with E-state index >= 15 is 0 Å². The maximum atomic E-state index is 13.2. The van der Waals surface area contributed by atoms with Gasteiger partial charge in [-0.25, -0.2) is 4.79 Å². The van der Waals surface area contributed by atoms with Gasteiger partial charge in [0.1, 0.15) is 23.6 Å². The highest BCUT2D eigenvalue weighted by Crippen LogP contribution is 2.41. The van der Waals surface area contributed by atoms with Crippen LogP contribution >= 0.6 is 0 Å².